The molecule has 1 fully saturated rings. The van der Waals surface area contributed by atoms with Gasteiger partial charge in [-0.25, -0.2) is 4.79 Å². The van der Waals surface area contributed by atoms with Gasteiger partial charge >= 0.3 is 5.69 Å². The predicted molar refractivity (Wildman–Crippen MR) is 114 cm³/mol. The number of aromatic nitrogens is 2. The van der Waals surface area contributed by atoms with Gasteiger partial charge in [-0.1, -0.05) is 18.2 Å². The largest absolute Gasteiger partial charge is 0.368 e. The topological polar surface area (TPSA) is 78.4 Å². The zero-order chi connectivity index (χ0) is 20.4. The molecule has 1 N–H and O–H groups in total. The summed E-state index contributed by atoms with van der Waals surface area (Å²) in [6.07, 6.45) is 1.24. The normalized spacial score (nSPS) is 14.2. The van der Waals surface area contributed by atoms with E-state index in [-0.39, 0.29) is 18.0 Å². The minimum absolute atomic E-state index is 0.00478. The number of hydrogen-bond donors (Lipinski definition) is 1. The van der Waals surface area contributed by atoms with E-state index in [0.29, 0.717) is 26.2 Å². The standard InChI is InChI=1S/C21H22N4O3S/c1-15-4-2-5-16(12-15)23-7-9-24(10-8-23)19(26)18-13-22-21(28)25(20(18)27)14-17-6-3-11-29-17/h2-6,11-13H,7-10,14H2,1H3,(H,22,28). The van der Waals surface area contributed by atoms with Crippen LogP contribution in [0, 0.1) is 6.92 Å². The number of H-pyrrole nitrogens is 1. The predicted octanol–water partition coefficient (Wildman–Crippen LogP) is 1.92. The van der Waals surface area contributed by atoms with E-state index in [2.05, 4.69) is 35.0 Å². The Morgan fingerprint density at radius 1 is 1.10 bits per heavy atom. The van der Waals surface area contributed by atoms with Gasteiger partial charge in [0.05, 0.1) is 6.54 Å². The van der Waals surface area contributed by atoms with Gasteiger partial charge in [0.25, 0.3) is 11.5 Å². The Balaban J connectivity index is 1.50. The third kappa shape index (κ3) is 4.02. The number of carbonyl (C=O) groups is 1. The summed E-state index contributed by atoms with van der Waals surface area (Å²) in [5.41, 5.74) is 1.28. The highest BCUT2D eigenvalue weighted by Crippen LogP contribution is 2.18. The van der Waals surface area contributed by atoms with Crippen molar-refractivity contribution in [1.82, 2.24) is 14.5 Å². The second kappa shape index (κ2) is 8.08. The molecule has 1 aliphatic rings. The number of aryl methyl sites for hydroxylation is 1. The molecule has 150 valence electrons. The van der Waals surface area contributed by atoms with Gasteiger partial charge in [-0.05, 0) is 36.1 Å². The third-order valence-corrected chi connectivity index (χ3v) is 5.98. The SMILES string of the molecule is Cc1cccc(N2CCN(C(=O)c3c[nH]c(=O)n(Cc4cccs4)c3=O)CC2)c1. The van der Waals surface area contributed by atoms with Crippen LogP contribution in [0.4, 0.5) is 5.69 Å². The molecule has 7 nitrogen and oxygen atoms in total. The molecule has 8 heteroatoms. The van der Waals surface area contributed by atoms with Crippen molar-refractivity contribution < 1.29 is 4.79 Å². The molecule has 1 saturated heterocycles. The lowest BCUT2D eigenvalue weighted by atomic mass is 10.2. The first-order valence-electron chi connectivity index (χ1n) is 9.49. The number of anilines is 1. The van der Waals surface area contributed by atoms with E-state index in [1.807, 2.05) is 23.6 Å². The summed E-state index contributed by atoms with van der Waals surface area (Å²) in [7, 11) is 0. The molecule has 0 bridgehead atoms. The average Bonchev–Trinajstić information content (AvgIpc) is 3.24. The summed E-state index contributed by atoms with van der Waals surface area (Å²) in [6.45, 7) is 4.66. The number of rotatable bonds is 4. The smallest absolute Gasteiger partial charge is 0.328 e. The van der Waals surface area contributed by atoms with Gasteiger partial charge in [0, 0.05) is 42.9 Å². The van der Waals surface area contributed by atoms with Gasteiger partial charge < -0.3 is 14.8 Å². The first kappa shape index (κ1) is 19.2. The van der Waals surface area contributed by atoms with Crippen LogP contribution in [0.15, 0.2) is 57.6 Å². The fourth-order valence-corrected chi connectivity index (χ4v) is 4.22. The number of benzene rings is 1. The molecule has 4 rings (SSSR count). The second-order valence-corrected chi connectivity index (χ2v) is 8.13. The van der Waals surface area contributed by atoms with Crippen molar-refractivity contribution in [1.29, 1.82) is 0 Å². The van der Waals surface area contributed by atoms with Crippen molar-refractivity contribution in [2.45, 2.75) is 13.5 Å². The average molecular weight is 410 g/mol. The molecular weight excluding hydrogens is 388 g/mol. The molecule has 29 heavy (non-hydrogen) atoms. The number of carbonyl (C=O) groups excluding carboxylic acids is 1. The number of aromatic amines is 1. The van der Waals surface area contributed by atoms with E-state index < -0.39 is 11.2 Å². The Kier molecular flexibility index (Phi) is 5.35. The first-order chi connectivity index (χ1) is 14.0. The molecule has 2 aromatic heterocycles. The number of amides is 1. The van der Waals surface area contributed by atoms with Gasteiger partial charge in [-0.15, -0.1) is 11.3 Å². The van der Waals surface area contributed by atoms with E-state index in [4.69, 9.17) is 0 Å². The van der Waals surface area contributed by atoms with E-state index in [0.717, 1.165) is 15.1 Å². The summed E-state index contributed by atoms with van der Waals surface area (Å²) in [5.74, 6) is -0.338. The van der Waals surface area contributed by atoms with Crippen LogP contribution in [-0.4, -0.2) is 46.5 Å². The molecule has 0 saturated carbocycles. The van der Waals surface area contributed by atoms with Gasteiger partial charge in [-0.2, -0.15) is 0 Å². The Bertz CT molecular complexity index is 1130. The van der Waals surface area contributed by atoms with Crippen LogP contribution in [-0.2, 0) is 6.54 Å². The molecule has 0 atom stereocenters. The van der Waals surface area contributed by atoms with Crippen LogP contribution in [0.5, 0.6) is 0 Å². The van der Waals surface area contributed by atoms with Crippen molar-refractivity contribution in [3.05, 3.63) is 84.8 Å². The van der Waals surface area contributed by atoms with Crippen molar-refractivity contribution in [3.63, 3.8) is 0 Å². The van der Waals surface area contributed by atoms with Crippen LogP contribution < -0.4 is 16.1 Å². The zero-order valence-corrected chi connectivity index (χ0v) is 16.9. The summed E-state index contributed by atoms with van der Waals surface area (Å²) in [5, 5.41) is 1.89. The van der Waals surface area contributed by atoms with Crippen LogP contribution in [0.25, 0.3) is 0 Å². The molecule has 1 aromatic carbocycles. The molecule has 0 radical (unpaired) electrons. The summed E-state index contributed by atoms with van der Waals surface area (Å²) in [6, 6.07) is 12.0. The lowest BCUT2D eigenvalue weighted by molar-refractivity contribution is 0.0743. The van der Waals surface area contributed by atoms with Gasteiger partial charge in [-0.3, -0.25) is 14.2 Å². The van der Waals surface area contributed by atoms with Crippen LogP contribution in [0.3, 0.4) is 0 Å². The molecule has 0 spiro atoms. The molecular formula is C21H22N4O3S. The first-order valence-corrected chi connectivity index (χ1v) is 10.4. The number of nitrogens with zero attached hydrogens (tertiary/aromatic N) is 3. The highest BCUT2D eigenvalue weighted by molar-refractivity contribution is 7.09. The Hall–Kier alpha value is -3.13. The van der Waals surface area contributed by atoms with Crippen LogP contribution in [0.2, 0.25) is 0 Å². The second-order valence-electron chi connectivity index (χ2n) is 7.10. The number of hydrogen-bond acceptors (Lipinski definition) is 5. The highest BCUT2D eigenvalue weighted by Gasteiger charge is 2.25. The maximum absolute atomic E-state index is 13.0. The third-order valence-electron chi connectivity index (χ3n) is 5.12. The molecule has 0 aliphatic carbocycles. The molecule has 1 aliphatic heterocycles. The zero-order valence-electron chi connectivity index (χ0n) is 16.1. The van der Waals surface area contributed by atoms with E-state index in [9.17, 15) is 14.4 Å². The summed E-state index contributed by atoms with van der Waals surface area (Å²) < 4.78 is 1.09. The summed E-state index contributed by atoms with van der Waals surface area (Å²) in [4.78, 5) is 45.2. The quantitative estimate of drug-likeness (QED) is 0.713. The van der Waals surface area contributed by atoms with E-state index >= 15 is 0 Å². The Labute approximate surface area is 171 Å². The van der Waals surface area contributed by atoms with Crippen LogP contribution >= 0.6 is 11.3 Å². The lowest BCUT2D eigenvalue weighted by Gasteiger charge is -2.36. The summed E-state index contributed by atoms with van der Waals surface area (Å²) >= 11 is 1.46. The van der Waals surface area contributed by atoms with Crippen molar-refractivity contribution in [2.24, 2.45) is 0 Å². The van der Waals surface area contributed by atoms with E-state index in [1.54, 1.807) is 4.90 Å². The fraction of sp³-hybridized carbons (Fsp3) is 0.286. The van der Waals surface area contributed by atoms with Crippen molar-refractivity contribution in [2.75, 3.05) is 31.1 Å². The minimum Gasteiger partial charge on any atom is -0.368 e. The highest BCUT2D eigenvalue weighted by atomic mass is 32.1. The van der Waals surface area contributed by atoms with Gasteiger partial charge in [0.1, 0.15) is 5.56 Å². The van der Waals surface area contributed by atoms with Gasteiger partial charge in [0.2, 0.25) is 0 Å². The Morgan fingerprint density at radius 3 is 2.59 bits per heavy atom. The molecule has 3 heterocycles. The van der Waals surface area contributed by atoms with Gasteiger partial charge in [0.15, 0.2) is 0 Å². The maximum atomic E-state index is 13.0. The Morgan fingerprint density at radius 2 is 1.90 bits per heavy atom. The molecule has 3 aromatic rings. The van der Waals surface area contributed by atoms with Crippen molar-refractivity contribution in [3.8, 4) is 0 Å². The van der Waals surface area contributed by atoms with E-state index in [1.165, 1.54) is 23.1 Å². The maximum Gasteiger partial charge on any atom is 0.328 e. The fourth-order valence-electron chi connectivity index (χ4n) is 3.53. The monoisotopic (exact) mass is 410 g/mol. The molecule has 1 amide bonds. The number of nitrogens with one attached hydrogen (secondary N) is 1. The van der Waals surface area contributed by atoms with Crippen molar-refractivity contribution >= 4 is 22.9 Å². The lowest BCUT2D eigenvalue weighted by Crippen LogP contribution is -2.50. The molecule has 0 unspecified atom stereocenters. The number of thiophene rings is 1. The minimum atomic E-state index is -0.548. The number of piperazine rings is 1. The van der Waals surface area contributed by atoms with Crippen LogP contribution in [0.1, 0.15) is 20.8 Å².